The minimum absolute atomic E-state index is 0.00463. The second-order valence-electron chi connectivity index (χ2n) is 9.57. The number of carbonyl (C=O) groups excluding carboxylic acids is 3. The first-order chi connectivity index (χ1) is 16.4. The molecule has 2 saturated heterocycles. The summed E-state index contributed by atoms with van der Waals surface area (Å²) < 4.78 is 0.961. The molecular weight excluding hydrogens is 496 g/mol. The quantitative estimate of drug-likeness (QED) is 0.584. The number of imide groups is 1. The zero-order chi connectivity index (χ0) is 23.9. The summed E-state index contributed by atoms with van der Waals surface area (Å²) >= 11 is 3.41. The van der Waals surface area contributed by atoms with E-state index in [4.69, 9.17) is 0 Å². The lowest BCUT2D eigenvalue weighted by molar-refractivity contribution is -0.133. The van der Waals surface area contributed by atoms with E-state index >= 15 is 0 Å². The van der Waals surface area contributed by atoms with Crippen molar-refractivity contribution in [2.24, 2.45) is 0 Å². The van der Waals surface area contributed by atoms with Crippen LogP contribution in [0.2, 0.25) is 0 Å². The molecule has 2 atom stereocenters. The van der Waals surface area contributed by atoms with E-state index in [2.05, 4.69) is 37.5 Å². The molecule has 0 radical (unpaired) electrons. The van der Waals surface area contributed by atoms with E-state index in [-0.39, 0.29) is 36.3 Å². The van der Waals surface area contributed by atoms with Crippen LogP contribution in [0.5, 0.6) is 0 Å². The first kappa shape index (κ1) is 23.1. The molecule has 8 heteroatoms. The molecule has 3 heterocycles. The van der Waals surface area contributed by atoms with Crippen LogP contribution in [0.25, 0.3) is 0 Å². The average Bonchev–Trinajstić information content (AvgIpc) is 3.07. The van der Waals surface area contributed by atoms with E-state index < -0.39 is 5.54 Å². The number of hydrogen-bond acceptors (Lipinski definition) is 4. The number of nitrogens with zero attached hydrogens (tertiary/aromatic N) is 2. The van der Waals surface area contributed by atoms with Crippen LogP contribution in [0.3, 0.4) is 0 Å². The highest BCUT2D eigenvalue weighted by Gasteiger charge is 2.52. The minimum atomic E-state index is -0.802. The van der Waals surface area contributed by atoms with Gasteiger partial charge in [-0.3, -0.25) is 14.5 Å². The Morgan fingerprint density at radius 3 is 2.38 bits per heavy atom. The average molecular weight is 525 g/mol. The van der Waals surface area contributed by atoms with Gasteiger partial charge in [-0.05, 0) is 55.0 Å². The van der Waals surface area contributed by atoms with Crippen LogP contribution in [0, 0.1) is 0 Å². The van der Waals surface area contributed by atoms with Crippen LogP contribution in [-0.4, -0.2) is 52.8 Å². The summed E-state index contributed by atoms with van der Waals surface area (Å²) in [6.45, 7) is 4.52. The molecule has 5 rings (SSSR count). The molecule has 178 valence electrons. The molecule has 2 N–H and O–H groups in total. The molecule has 0 saturated carbocycles. The maximum atomic E-state index is 13.2. The van der Waals surface area contributed by atoms with E-state index in [1.165, 1.54) is 10.5 Å². The minimum Gasteiger partial charge on any atom is -0.349 e. The predicted octanol–water partition coefficient (Wildman–Crippen LogP) is 3.70. The van der Waals surface area contributed by atoms with Gasteiger partial charge in [-0.25, -0.2) is 4.79 Å². The van der Waals surface area contributed by atoms with Gasteiger partial charge >= 0.3 is 6.03 Å². The first-order valence-electron chi connectivity index (χ1n) is 11.9. The lowest BCUT2D eigenvalue weighted by Gasteiger charge is -2.38. The molecule has 0 aromatic heterocycles. The summed E-state index contributed by atoms with van der Waals surface area (Å²) in [4.78, 5) is 42.0. The standard InChI is InChI=1S/C26H29BrN4O3/c1-17-20-4-2-3-5-21(20)22(28-23(17)32)10-13-30-14-11-26(12-15-30)24(33)31(25(34)29-26)16-18-6-8-19(27)9-7-18/h2-9,17,22H,10-16H2,1H3,(H,28,32)(H,29,34)/t17?,22-/m0/s1. The van der Waals surface area contributed by atoms with E-state index in [9.17, 15) is 14.4 Å². The topological polar surface area (TPSA) is 81.8 Å². The molecule has 7 nitrogen and oxygen atoms in total. The molecular formula is C26H29BrN4O3. The van der Waals surface area contributed by atoms with Crippen LogP contribution in [-0.2, 0) is 16.1 Å². The van der Waals surface area contributed by atoms with Gasteiger partial charge in [0.15, 0.2) is 0 Å². The number of nitrogens with one attached hydrogen (secondary N) is 2. The molecule has 0 aliphatic carbocycles. The molecule has 34 heavy (non-hydrogen) atoms. The normalized spacial score (nSPS) is 24.2. The Labute approximate surface area is 208 Å². The van der Waals surface area contributed by atoms with Crippen LogP contribution in [0.4, 0.5) is 4.79 Å². The van der Waals surface area contributed by atoms with E-state index in [1.54, 1.807) is 0 Å². The van der Waals surface area contributed by atoms with Crippen LogP contribution in [0.1, 0.15) is 54.8 Å². The van der Waals surface area contributed by atoms with Gasteiger partial charge in [0, 0.05) is 24.1 Å². The number of halogens is 1. The second kappa shape index (κ2) is 9.15. The third-order valence-corrected chi connectivity index (χ3v) is 8.02. The van der Waals surface area contributed by atoms with Gasteiger partial charge in [-0.1, -0.05) is 52.3 Å². The molecule has 2 aromatic carbocycles. The van der Waals surface area contributed by atoms with Gasteiger partial charge in [0.25, 0.3) is 5.91 Å². The fraction of sp³-hybridized carbons (Fsp3) is 0.423. The molecule has 2 aromatic rings. The third kappa shape index (κ3) is 4.25. The number of likely N-dealkylation sites (tertiary alicyclic amines) is 1. The van der Waals surface area contributed by atoms with Crippen molar-refractivity contribution in [2.75, 3.05) is 19.6 Å². The Morgan fingerprint density at radius 2 is 1.68 bits per heavy atom. The fourth-order valence-electron chi connectivity index (χ4n) is 5.37. The molecule has 0 bridgehead atoms. The Bertz CT molecular complexity index is 1110. The van der Waals surface area contributed by atoms with Crippen molar-refractivity contribution in [1.29, 1.82) is 0 Å². The van der Waals surface area contributed by atoms with Gasteiger partial charge in [0.05, 0.1) is 18.5 Å². The van der Waals surface area contributed by atoms with Gasteiger partial charge in [-0.2, -0.15) is 0 Å². The maximum Gasteiger partial charge on any atom is 0.325 e. The Kier molecular flexibility index (Phi) is 6.20. The summed E-state index contributed by atoms with van der Waals surface area (Å²) in [5, 5.41) is 6.16. The maximum absolute atomic E-state index is 13.2. The highest BCUT2D eigenvalue weighted by atomic mass is 79.9. The Hall–Kier alpha value is -2.71. The van der Waals surface area contributed by atoms with Gasteiger partial charge in [0.1, 0.15) is 5.54 Å². The number of piperidine rings is 1. The van der Waals surface area contributed by atoms with Gasteiger partial charge < -0.3 is 15.5 Å². The lowest BCUT2D eigenvalue weighted by atomic mass is 9.85. The van der Waals surface area contributed by atoms with E-state index in [0.717, 1.165) is 41.7 Å². The number of amides is 4. The molecule has 3 aliphatic heterocycles. The summed E-state index contributed by atoms with van der Waals surface area (Å²) in [7, 11) is 0. The Morgan fingerprint density at radius 1 is 1.00 bits per heavy atom. The molecule has 1 spiro atoms. The van der Waals surface area contributed by atoms with Crippen molar-refractivity contribution in [1.82, 2.24) is 20.4 Å². The summed E-state index contributed by atoms with van der Waals surface area (Å²) in [6.07, 6.45) is 2.01. The van der Waals surface area contributed by atoms with Crippen LogP contribution >= 0.6 is 15.9 Å². The number of benzene rings is 2. The number of fused-ring (bicyclic) bond motifs is 1. The van der Waals surface area contributed by atoms with E-state index in [1.807, 2.05) is 49.4 Å². The number of urea groups is 1. The molecule has 2 fully saturated rings. The summed E-state index contributed by atoms with van der Waals surface area (Å²) in [5.41, 5.74) is 2.43. The monoisotopic (exact) mass is 524 g/mol. The largest absolute Gasteiger partial charge is 0.349 e. The number of carbonyl (C=O) groups is 3. The van der Waals surface area contributed by atoms with Crippen molar-refractivity contribution in [3.63, 3.8) is 0 Å². The van der Waals surface area contributed by atoms with Crippen molar-refractivity contribution < 1.29 is 14.4 Å². The van der Waals surface area contributed by atoms with Crippen molar-refractivity contribution in [2.45, 2.75) is 50.2 Å². The smallest absolute Gasteiger partial charge is 0.325 e. The zero-order valence-corrected chi connectivity index (χ0v) is 20.8. The zero-order valence-electron chi connectivity index (χ0n) is 19.2. The van der Waals surface area contributed by atoms with Gasteiger partial charge in [0.2, 0.25) is 5.91 Å². The molecule has 1 unspecified atom stereocenters. The molecule has 3 aliphatic rings. The third-order valence-electron chi connectivity index (χ3n) is 7.49. The predicted molar refractivity (Wildman–Crippen MR) is 132 cm³/mol. The summed E-state index contributed by atoms with van der Waals surface area (Å²) in [6, 6.07) is 15.5. The fourth-order valence-corrected chi connectivity index (χ4v) is 5.63. The lowest BCUT2D eigenvalue weighted by Crippen LogP contribution is -2.55. The van der Waals surface area contributed by atoms with Crippen molar-refractivity contribution in [3.05, 3.63) is 69.7 Å². The second-order valence-corrected chi connectivity index (χ2v) is 10.5. The number of hydrogen-bond donors (Lipinski definition) is 2. The van der Waals surface area contributed by atoms with Crippen molar-refractivity contribution >= 4 is 33.8 Å². The highest BCUT2D eigenvalue weighted by molar-refractivity contribution is 9.10. The van der Waals surface area contributed by atoms with Crippen LogP contribution < -0.4 is 10.6 Å². The Balaban J connectivity index is 1.18. The van der Waals surface area contributed by atoms with Crippen molar-refractivity contribution in [3.8, 4) is 0 Å². The van der Waals surface area contributed by atoms with Crippen LogP contribution in [0.15, 0.2) is 53.0 Å². The SMILES string of the molecule is CC1C(=O)N[C@@H](CCN2CCC3(CC2)NC(=O)N(Cc2ccc(Br)cc2)C3=O)c2ccccc21. The molecule has 4 amide bonds. The highest BCUT2D eigenvalue weighted by Crippen LogP contribution is 2.34. The number of rotatable bonds is 5. The van der Waals surface area contributed by atoms with E-state index in [0.29, 0.717) is 12.8 Å². The van der Waals surface area contributed by atoms with Gasteiger partial charge in [-0.15, -0.1) is 0 Å². The summed E-state index contributed by atoms with van der Waals surface area (Å²) in [5.74, 6) is -0.173. The first-order valence-corrected chi connectivity index (χ1v) is 12.7.